The Labute approximate surface area is 75.2 Å². The van der Waals surface area contributed by atoms with E-state index in [-0.39, 0.29) is 5.78 Å². The maximum Gasteiger partial charge on any atom is 0.160 e. The molecule has 0 aromatic carbocycles. The van der Waals surface area contributed by atoms with Crippen LogP contribution in [0.5, 0.6) is 0 Å². The van der Waals surface area contributed by atoms with Gasteiger partial charge in [0.1, 0.15) is 12.1 Å². The molecule has 13 heavy (non-hydrogen) atoms. The van der Waals surface area contributed by atoms with Crippen LogP contribution in [0.25, 0.3) is 5.65 Å². The molecule has 0 amide bonds. The van der Waals surface area contributed by atoms with E-state index >= 15 is 0 Å². The molecule has 4 nitrogen and oxygen atoms in total. The second-order valence-electron chi connectivity index (χ2n) is 3.01. The van der Waals surface area contributed by atoms with E-state index in [1.807, 2.05) is 22.7 Å². The van der Waals surface area contributed by atoms with Gasteiger partial charge in [-0.1, -0.05) is 0 Å². The molecule has 2 aromatic rings. The van der Waals surface area contributed by atoms with Gasteiger partial charge >= 0.3 is 0 Å². The Morgan fingerprint density at radius 2 is 2.46 bits per heavy atom. The highest BCUT2D eigenvalue weighted by molar-refractivity contribution is 5.78. The fraction of sp³-hybridized carbons (Fsp3) is 0.222. The van der Waals surface area contributed by atoms with Gasteiger partial charge in [0.15, 0.2) is 5.65 Å². The quantitative estimate of drug-likeness (QED) is 0.680. The first-order valence-electron chi connectivity index (χ1n) is 4.03. The molecule has 0 saturated carbocycles. The molecule has 0 N–H and O–H groups in total. The van der Waals surface area contributed by atoms with Crippen molar-refractivity contribution in [3.63, 3.8) is 0 Å². The predicted molar refractivity (Wildman–Crippen MR) is 47.4 cm³/mol. The fourth-order valence-electron chi connectivity index (χ4n) is 1.26. The Hall–Kier alpha value is -1.71. The molecule has 0 fully saturated rings. The first kappa shape index (κ1) is 7.91. The van der Waals surface area contributed by atoms with Crippen molar-refractivity contribution in [3.05, 3.63) is 30.2 Å². The smallest absolute Gasteiger partial charge is 0.160 e. The van der Waals surface area contributed by atoms with E-state index in [1.165, 1.54) is 0 Å². The van der Waals surface area contributed by atoms with Crippen LogP contribution in [-0.4, -0.2) is 20.4 Å². The molecule has 0 unspecified atom stereocenters. The molecular weight excluding hydrogens is 166 g/mol. The number of rotatable bonds is 2. The van der Waals surface area contributed by atoms with Crippen molar-refractivity contribution in [2.24, 2.45) is 0 Å². The van der Waals surface area contributed by atoms with Gasteiger partial charge in [-0.25, -0.2) is 0 Å². The van der Waals surface area contributed by atoms with Crippen molar-refractivity contribution in [3.8, 4) is 0 Å². The number of Topliss-reactive ketones (excluding diaryl/α,β-unsaturated/α-hetero) is 1. The Morgan fingerprint density at radius 3 is 3.23 bits per heavy atom. The zero-order chi connectivity index (χ0) is 9.26. The average molecular weight is 175 g/mol. The van der Waals surface area contributed by atoms with Crippen LogP contribution in [0.4, 0.5) is 0 Å². The van der Waals surface area contributed by atoms with Crippen LogP contribution < -0.4 is 0 Å². The summed E-state index contributed by atoms with van der Waals surface area (Å²) in [5, 5.41) is 7.64. The van der Waals surface area contributed by atoms with Crippen LogP contribution in [0.3, 0.4) is 0 Å². The van der Waals surface area contributed by atoms with Crippen LogP contribution in [-0.2, 0) is 11.2 Å². The number of nitrogens with zero attached hydrogens (tertiary/aromatic N) is 3. The van der Waals surface area contributed by atoms with Gasteiger partial charge in [-0.05, 0) is 24.6 Å². The van der Waals surface area contributed by atoms with Crippen LogP contribution in [0, 0.1) is 0 Å². The zero-order valence-corrected chi connectivity index (χ0v) is 7.27. The summed E-state index contributed by atoms with van der Waals surface area (Å²) in [6.07, 6.45) is 3.95. The predicted octanol–water partition coefficient (Wildman–Crippen LogP) is 0.861. The SMILES string of the molecule is CC(=O)Cc1ccn2cnnc2c1. The van der Waals surface area contributed by atoms with Crippen molar-refractivity contribution in [2.75, 3.05) is 0 Å². The van der Waals surface area contributed by atoms with Gasteiger partial charge in [-0.2, -0.15) is 0 Å². The largest absolute Gasteiger partial charge is 0.300 e. The van der Waals surface area contributed by atoms with Crippen LogP contribution in [0.2, 0.25) is 0 Å². The van der Waals surface area contributed by atoms with Gasteiger partial charge in [-0.3, -0.25) is 9.20 Å². The second kappa shape index (κ2) is 2.97. The van der Waals surface area contributed by atoms with Crippen molar-refractivity contribution in [1.29, 1.82) is 0 Å². The molecule has 0 aliphatic heterocycles. The van der Waals surface area contributed by atoms with Gasteiger partial charge in [0.05, 0.1) is 0 Å². The van der Waals surface area contributed by atoms with E-state index in [9.17, 15) is 4.79 Å². The minimum absolute atomic E-state index is 0.156. The summed E-state index contributed by atoms with van der Waals surface area (Å²) in [5.41, 5.74) is 1.76. The summed E-state index contributed by atoms with van der Waals surface area (Å²) in [4.78, 5) is 10.8. The Morgan fingerprint density at radius 1 is 1.62 bits per heavy atom. The normalized spacial score (nSPS) is 10.5. The molecule has 0 radical (unpaired) electrons. The lowest BCUT2D eigenvalue weighted by Gasteiger charge is -1.97. The van der Waals surface area contributed by atoms with E-state index in [2.05, 4.69) is 10.2 Å². The molecule has 0 bridgehead atoms. The molecule has 2 heterocycles. The summed E-state index contributed by atoms with van der Waals surface area (Å²) in [7, 11) is 0. The summed E-state index contributed by atoms with van der Waals surface area (Å²) in [5.74, 6) is 0.156. The third kappa shape index (κ3) is 1.56. The fourth-order valence-corrected chi connectivity index (χ4v) is 1.26. The van der Waals surface area contributed by atoms with Crippen molar-refractivity contribution in [1.82, 2.24) is 14.6 Å². The number of hydrogen-bond acceptors (Lipinski definition) is 3. The number of aromatic nitrogens is 3. The van der Waals surface area contributed by atoms with Gasteiger partial charge in [0.2, 0.25) is 0 Å². The highest BCUT2D eigenvalue weighted by Gasteiger charge is 2.00. The third-order valence-electron chi connectivity index (χ3n) is 1.82. The number of ketones is 1. The van der Waals surface area contributed by atoms with Gasteiger partial charge in [0, 0.05) is 12.6 Å². The Balaban J connectivity index is 2.42. The van der Waals surface area contributed by atoms with Gasteiger partial charge < -0.3 is 0 Å². The van der Waals surface area contributed by atoms with Crippen LogP contribution in [0.15, 0.2) is 24.7 Å². The minimum Gasteiger partial charge on any atom is -0.300 e. The number of hydrogen-bond donors (Lipinski definition) is 0. The number of fused-ring (bicyclic) bond motifs is 1. The second-order valence-corrected chi connectivity index (χ2v) is 3.01. The zero-order valence-electron chi connectivity index (χ0n) is 7.27. The molecule has 0 atom stereocenters. The molecule has 0 spiro atoms. The summed E-state index contributed by atoms with van der Waals surface area (Å²) >= 11 is 0. The standard InChI is InChI=1S/C9H9N3O/c1-7(13)4-8-2-3-12-6-10-11-9(12)5-8/h2-3,5-6H,4H2,1H3. The van der Waals surface area contributed by atoms with Gasteiger partial charge in [-0.15, -0.1) is 10.2 Å². The molecule has 0 saturated heterocycles. The lowest BCUT2D eigenvalue weighted by atomic mass is 10.1. The molecule has 0 aliphatic carbocycles. The average Bonchev–Trinajstić information content (AvgIpc) is 2.49. The monoisotopic (exact) mass is 175 g/mol. The number of carbonyl (C=O) groups is 1. The molecule has 4 heteroatoms. The number of carbonyl (C=O) groups excluding carboxylic acids is 1. The van der Waals surface area contributed by atoms with Crippen LogP contribution >= 0.6 is 0 Å². The molecule has 2 aromatic heterocycles. The maximum atomic E-state index is 10.8. The molecule has 0 aliphatic rings. The lowest BCUT2D eigenvalue weighted by molar-refractivity contribution is -0.116. The molecule has 66 valence electrons. The van der Waals surface area contributed by atoms with E-state index in [0.717, 1.165) is 11.2 Å². The Bertz CT molecular complexity index is 447. The van der Waals surface area contributed by atoms with Gasteiger partial charge in [0.25, 0.3) is 0 Å². The minimum atomic E-state index is 0.156. The molecule has 2 rings (SSSR count). The summed E-state index contributed by atoms with van der Waals surface area (Å²) in [6, 6.07) is 3.77. The summed E-state index contributed by atoms with van der Waals surface area (Å²) < 4.78 is 1.81. The third-order valence-corrected chi connectivity index (χ3v) is 1.82. The highest BCUT2D eigenvalue weighted by atomic mass is 16.1. The Kier molecular flexibility index (Phi) is 1.81. The maximum absolute atomic E-state index is 10.8. The first-order chi connectivity index (χ1) is 6.25. The van der Waals surface area contributed by atoms with Crippen molar-refractivity contribution < 1.29 is 4.79 Å². The van der Waals surface area contributed by atoms with E-state index in [4.69, 9.17) is 0 Å². The van der Waals surface area contributed by atoms with E-state index < -0.39 is 0 Å². The first-order valence-corrected chi connectivity index (χ1v) is 4.03. The summed E-state index contributed by atoms with van der Waals surface area (Å²) in [6.45, 7) is 1.58. The number of pyridine rings is 1. The van der Waals surface area contributed by atoms with Crippen molar-refractivity contribution >= 4 is 11.4 Å². The topological polar surface area (TPSA) is 47.3 Å². The van der Waals surface area contributed by atoms with Crippen molar-refractivity contribution in [2.45, 2.75) is 13.3 Å². The van der Waals surface area contributed by atoms with E-state index in [0.29, 0.717) is 6.42 Å². The highest BCUT2D eigenvalue weighted by Crippen LogP contribution is 2.05. The lowest BCUT2D eigenvalue weighted by Crippen LogP contribution is -1.97. The molecular formula is C9H9N3O. The van der Waals surface area contributed by atoms with E-state index in [1.54, 1.807) is 13.3 Å². The van der Waals surface area contributed by atoms with Crippen LogP contribution in [0.1, 0.15) is 12.5 Å².